The molecule has 0 saturated heterocycles. The van der Waals surface area contributed by atoms with E-state index in [1.165, 1.54) is 30.4 Å². The second-order valence-electron chi connectivity index (χ2n) is 7.24. The fourth-order valence-corrected chi connectivity index (χ4v) is 4.05. The van der Waals surface area contributed by atoms with Gasteiger partial charge in [-0.15, -0.1) is 0 Å². The van der Waals surface area contributed by atoms with Crippen LogP contribution in [0.15, 0.2) is 18.2 Å². The number of hydrogen-bond donors (Lipinski definition) is 1. The Kier molecular flexibility index (Phi) is 3.53. The topological polar surface area (TPSA) is 35.2 Å². The van der Waals surface area contributed by atoms with Crippen molar-refractivity contribution in [3.05, 3.63) is 29.3 Å². The van der Waals surface area contributed by atoms with E-state index in [4.69, 9.17) is 10.5 Å². The molecule has 110 valence electrons. The first-order valence-corrected chi connectivity index (χ1v) is 8.04. The Balaban J connectivity index is 1.88. The zero-order chi connectivity index (χ0) is 14.3. The summed E-state index contributed by atoms with van der Waals surface area (Å²) < 4.78 is 6.49. The Morgan fingerprint density at radius 2 is 2.10 bits per heavy atom. The molecule has 0 amide bonds. The highest BCUT2D eigenvalue weighted by atomic mass is 16.5. The van der Waals surface area contributed by atoms with Crippen LogP contribution in [0.25, 0.3) is 0 Å². The van der Waals surface area contributed by atoms with Crippen LogP contribution >= 0.6 is 0 Å². The summed E-state index contributed by atoms with van der Waals surface area (Å²) >= 11 is 0. The number of aryl methyl sites for hydroxylation is 1. The molecular weight excluding hydrogens is 246 g/mol. The molecule has 1 saturated carbocycles. The second kappa shape index (κ2) is 5.07. The lowest BCUT2D eigenvalue weighted by molar-refractivity contribution is -0.0249. The average Bonchev–Trinajstić information content (AvgIpc) is 2.40. The molecule has 2 aliphatic rings. The molecule has 2 heteroatoms. The van der Waals surface area contributed by atoms with E-state index in [0.717, 1.165) is 30.4 Å². The minimum Gasteiger partial charge on any atom is -0.487 e. The molecule has 0 radical (unpaired) electrons. The summed E-state index contributed by atoms with van der Waals surface area (Å²) in [6, 6.07) is 6.57. The Hall–Kier alpha value is -1.02. The normalized spacial score (nSPS) is 33.0. The van der Waals surface area contributed by atoms with Gasteiger partial charge in [-0.1, -0.05) is 31.5 Å². The summed E-state index contributed by atoms with van der Waals surface area (Å²) in [6.07, 6.45) is 5.94. The highest BCUT2D eigenvalue weighted by molar-refractivity contribution is 5.41. The number of hydrogen-bond acceptors (Lipinski definition) is 2. The minimum atomic E-state index is -0.00510. The Morgan fingerprint density at radius 3 is 2.85 bits per heavy atom. The predicted octanol–water partition coefficient (Wildman–Crippen LogP) is 4.36. The zero-order valence-electron chi connectivity index (χ0n) is 13.0. The molecule has 3 unspecified atom stereocenters. The van der Waals surface area contributed by atoms with Gasteiger partial charge in [-0.05, 0) is 50.5 Å². The molecule has 20 heavy (non-hydrogen) atoms. The van der Waals surface area contributed by atoms with Gasteiger partial charge in [0.05, 0.1) is 0 Å². The van der Waals surface area contributed by atoms with Crippen molar-refractivity contribution in [3.8, 4) is 5.75 Å². The smallest absolute Gasteiger partial charge is 0.124 e. The Bertz CT molecular complexity index is 496. The van der Waals surface area contributed by atoms with Crippen LogP contribution in [0.4, 0.5) is 0 Å². The summed E-state index contributed by atoms with van der Waals surface area (Å²) in [5.41, 5.74) is 8.92. The van der Waals surface area contributed by atoms with Crippen LogP contribution < -0.4 is 10.5 Å². The fourth-order valence-electron chi connectivity index (χ4n) is 4.05. The SMILES string of the molecule is Cc1ccc2c(c1)C(N)CC1(CCCC(C(C)C)C1)O2. The molecule has 1 aliphatic carbocycles. The third-order valence-corrected chi connectivity index (χ3v) is 5.27. The molecule has 2 N–H and O–H groups in total. The number of benzene rings is 1. The van der Waals surface area contributed by atoms with Gasteiger partial charge < -0.3 is 10.5 Å². The molecule has 1 aliphatic heterocycles. The van der Waals surface area contributed by atoms with Gasteiger partial charge in [0, 0.05) is 18.0 Å². The van der Waals surface area contributed by atoms with Crippen LogP contribution in [0, 0.1) is 18.8 Å². The maximum atomic E-state index is 6.49. The molecule has 0 aromatic heterocycles. The van der Waals surface area contributed by atoms with Gasteiger partial charge in [-0.25, -0.2) is 0 Å². The summed E-state index contributed by atoms with van der Waals surface area (Å²) in [6.45, 7) is 6.79. The predicted molar refractivity (Wildman–Crippen MR) is 82.9 cm³/mol. The van der Waals surface area contributed by atoms with E-state index in [9.17, 15) is 0 Å². The van der Waals surface area contributed by atoms with Gasteiger partial charge in [-0.2, -0.15) is 0 Å². The summed E-state index contributed by atoms with van der Waals surface area (Å²) in [5.74, 6) is 2.55. The number of ether oxygens (including phenoxy) is 1. The van der Waals surface area contributed by atoms with Crippen LogP contribution in [0.5, 0.6) is 5.75 Å². The van der Waals surface area contributed by atoms with E-state index in [1.807, 2.05) is 0 Å². The first-order valence-electron chi connectivity index (χ1n) is 8.04. The van der Waals surface area contributed by atoms with Crippen molar-refractivity contribution in [3.63, 3.8) is 0 Å². The average molecular weight is 273 g/mol. The van der Waals surface area contributed by atoms with Crippen LogP contribution in [0.1, 0.15) is 63.1 Å². The first kappa shape index (κ1) is 13.9. The van der Waals surface area contributed by atoms with Gasteiger partial charge in [0.2, 0.25) is 0 Å². The van der Waals surface area contributed by atoms with E-state index in [1.54, 1.807) is 0 Å². The Morgan fingerprint density at radius 1 is 1.30 bits per heavy atom. The molecule has 1 heterocycles. The van der Waals surface area contributed by atoms with Crippen molar-refractivity contribution in [1.82, 2.24) is 0 Å². The van der Waals surface area contributed by atoms with Crippen molar-refractivity contribution in [2.75, 3.05) is 0 Å². The molecule has 0 bridgehead atoms. The number of fused-ring (bicyclic) bond motifs is 1. The van der Waals surface area contributed by atoms with Gasteiger partial charge in [-0.3, -0.25) is 0 Å². The van der Waals surface area contributed by atoms with Crippen LogP contribution in [-0.4, -0.2) is 5.60 Å². The van der Waals surface area contributed by atoms with Gasteiger partial charge in [0.25, 0.3) is 0 Å². The fraction of sp³-hybridized carbons (Fsp3) is 0.667. The van der Waals surface area contributed by atoms with E-state index >= 15 is 0 Å². The van der Waals surface area contributed by atoms with Gasteiger partial charge >= 0.3 is 0 Å². The molecule has 1 aromatic rings. The summed E-state index contributed by atoms with van der Waals surface area (Å²) in [7, 11) is 0. The van der Waals surface area contributed by atoms with E-state index in [0.29, 0.717) is 0 Å². The van der Waals surface area contributed by atoms with E-state index < -0.39 is 0 Å². The maximum absolute atomic E-state index is 6.49. The third kappa shape index (κ3) is 2.46. The maximum Gasteiger partial charge on any atom is 0.124 e. The van der Waals surface area contributed by atoms with Crippen LogP contribution in [0.3, 0.4) is 0 Å². The van der Waals surface area contributed by atoms with Gasteiger partial charge in [0.15, 0.2) is 0 Å². The van der Waals surface area contributed by atoms with Gasteiger partial charge in [0.1, 0.15) is 11.4 Å². The largest absolute Gasteiger partial charge is 0.487 e. The lowest BCUT2D eigenvalue weighted by Crippen LogP contribution is -2.47. The van der Waals surface area contributed by atoms with E-state index in [-0.39, 0.29) is 11.6 Å². The number of nitrogens with two attached hydrogens (primary N) is 1. The lowest BCUT2D eigenvalue weighted by atomic mass is 9.70. The molecule has 3 atom stereocenters. The summed E-state index contributed by atoms with van der Waals surface area (Å²) in [4.78, 5) is 0. The minimum absolute atomic E-state index is 0.00510. The van der Waals surface area contributed by atoms with Crippen molar-refractivity contribution in [1.29, 1.82) is 0 Å². The molecule has 1 fully saturated rings. The lowest BCUT2D eigenvalue weighted by Gasteiger charge is -2.47. The van der Waals surface area contributed by atoms with Crippen LogP contribution in [-0.2, 0) is 0 Å². The molecule has 1 aromatic carbocycles. The molecule has 1 spiro atoms. The molecule has 2 nitrogen and oxygen atoms in total. The van der Waals surface area contributed by atoms with Crippen molar-refractivity contribution in [2.24, 2.45) is 17.6 Å². The standard InChI is InChI=1S/C18H27NO/c1-12(2)14-5-4-8-18(10-14)11-16(19)15-9-13(3)6-7-17(15)20-18/h6-7,9,12,14,16H,4-5,8,10-11,19H2,1-3H3. The van der Waals surface area contributed by atoms with Crippen molar-refractivity contribution < 1.29 is 4.74 Å². The Labute approximate surface area is 122 Å². The van der Waals surface area contributed by atoms with Crippen molar-refractivity contribution >= 4 is 0 Å². The highest BCUT2D eigenvalue weighted by Crippen LogP contribution is 2.48. The van der Waals surface area contributed by atoms with Crippen molar-refractivity contribution in [2.45, 2.75) is 64.5 Å². The monoisotopic (exact) mass is 273 g/mol. The van der Waals surface area contributed by atoms with E-state index in [2.05, 4.69) is 39.0 Å². The zero-order valence-corrected chi connectivity index (χ0v) is 13.0. The second-order valence-corrected chi connectivity index (χ2v) is 7.24. The molecular formula is C18H27NO. The highest BCUT2D eigenvalue weighted by Gasteiger charge is 2.43. The third-order valence-electron chi connectivity index (χ3n) is 5.27. The first-order chi connectivity index (χ1) is 9.49. The molecule has 3 rings (SSSR count). The summed E-state index contributed by atoms with van der Waals surface area (Å²) in [5, 5.41) is 0. The van der Waals surface area contributed by atoms with Crippen LogP contribution in [0.2, 0.25) is 0 Å². The number of rotatable bonds is 1. The quantitative estimate of drug-likeness (QED) is 0.825.